The first kappa shape index (κ1) is 15.2. The van der Waals surface area contributed by atoms with Gasteiger partial charge in [0.05, 0.1) is 6.10 Å². The predicted molar refractivity (Wildman–Crippen MR) is 59.9 cm³/mol. The normalized spacial score (nSPS) is 24.8. The summed E-state index contributed by atoms with van der Waals surface area (Å²) in [5.41, 5.74) is 2.30. The van der Waals surface area contributed by atoms with Gasteiger partial charge in [-0.25, -0.2) is 0 Å². The van der Waals surface area contributed by atoms with Crippen molar-refractivity contribution in [1.82, 2.24) is 4.90 Å². The van der Waals surface area contributed by atoms with Crippen molar-refractivity contribution in [2.75, 3.05) is 19.7 Å². The van der Waals surface area contributed by atoms with Crippen LogP contribution < -0.4 is 5.73 Å². The number of nitrogens with zero attached hydrogens (tertiary/aromatic N) is 1. The number of carbonyl (C=O) groups excluding carboxylic acids is 1. The summed E-state index contributed by atoms with van der Waals surface area (Å²) < 4.78 is 43.4. The molecule has 0 radical (unpaired) electrons. The molecule has 1 amide bonds. The molecule has 0 bridgehead atoms. The van der Waals surface area contributed by atoms with E-state index in [2.05, 4.69) is 0 Å². The smallest absolute Gasteiger partial charge is 0.377 e. The molecule has 0 saturated carbocycles. The molecule has 2 atom stereocenters. The summed E-state index contributed by atoms with van der Waals surface area (Å²) in [5.74, 6) is -1.08. The Morgan fingerprint density at radius 2 is 2.11 bits per heavy atom. The van der Waals surface area contributed by atoms with Crippen LogP contribution in [-0.2, 0) is 9.53 Å². The molecule has 0 aliphatic carbocycles. The van der Waals surface area contributed by atoms with Crippen molar-refractivity contribution < 1.29 is 22.7 Å². The maximum absolute atomic E-state index is 12.7. The fraction of sp³-hybridized carbons (Fsp3) is 0.909. The molecule has 0 aromatic heterocycles. The number of ether oxygens (including phenoxy) is 1. The second-order valence-electron chi connectivity index (χ2n) is 4.67. The molecule has 1 aliphatic heterocycles. The minimum atomic E-state index is -4.75. The van der Waals surface area contributed by atoms with Crippen molar-refractivity contribution in [2.45, 2.75) is 44.5 Å². The third-order valence-corrected chi connectivity index (χ3v) is 3.10. The minimum absolute atomic E-state index is 0.176. The number of halogens is 3. The van der Waals surface area contributed by atoms with Gasteiger partial charge in [-0.15, -0.1) is 0 Å². The molecule has 7 heteroatoms. The van der Waals surface area contributed by atoms with Crippen LogP contribution in [0.5, 0.6) is 0 Å². The lowest BCUT2D eigenvalue weighted by atomic mass is 9.98. The molecule has 1 saturated heterocycles. The van der Waals surface area contributed by atoms with Gasteiger partial charge in [0.25, 0.3) is 5.91 Å². The summed E-state index contributed by atoms with van der Waals surface area (Å²) >= 11 is 0. The third-order valence-electron chi connectivity index (χ3n) is 3.10. The van der Waals surface area contributed by atoms with Crippen molar-refractivity contribution in [3.05, 3.63) is 0 Å². The van der Waals surface area contributed by atoms with E-state index in [1.807, 2.05) is 6.92 Å². The Morgan fingerprint density at radius 3 is 2.61 bits per heavy atom. The van der Waals surface area contributed by atoms with Crippen LogP contribution >= 0.6 is 0 Å². The second-order valence-corrected chi connectivity index (χ2v) is 4.67. The molecule has 2 unspecified atom stereocenters. The van der Waals surface area contributed by atoms with Gasteiger partial charge in [0.2, 0.25) is 0 Å². The van der Waals surface area contributed by atoms with E-state index in [0.29, 0.717) is 26.5 Å². The fourth-order valence-corrected chi connectivity index (χ4v) is 1.94. The summed E-state index contributed by atoms with van der Waals surface area (Å²) in [6.07, 6.45) is -3.56. The van der Waals surface area contributed by atoms with Crippen LogP contribution in [0.1, 0.15) is 26.7 Å². The summed E-state index contributed by atoms with van der Waals surface area (Å²) in [7, 11) is 0. The molecule has 1 rings (SSSR count). The highest BCUT2D eigenvalue weighted by molar-refractivity contribution is 5.86. The first-order valence-electron chi connectivity index (χ1n) is 5.96. The zero-order valence-corrected chi connectivity index (χ0v) is 10.6. The molecule has 106 valence electrons. The molecule has 2 N–H and O–H groups in total. The molecular weight excluding hydrogens is 249 g/mol. The van der Waals surface area contributed by atoms with Gasteiger partial charge >= 0.3 is 6.18 Å². The Kier molecular flexibility index (Phi) is 4.61. The highest BCUT2D eigenvalue weighted by Crippen LogP contribution is 2.30. The topological polar surface area (TPSA) is 55.6 Å². The van der Waals surface area contributed by atoms with Crippen LogP contribution in [0, 0.1) is 0 Å². The molecule has 0 spiro atoms. The molecule has 1 fully saturated rings. The zero-order chi connectivity index (χ0) is 14.0. The Morgan fingerprint density at radius 1 is 1.50 bits per heavy atom. The number of hydrogen-bond acceptors (Lipinski definition) is 3. The van der Waals surface area contributed by atoms with Gasteiger partial charge in [-0.05, 0) is 26.7 Å². The van der Waals surface area contributed by atoms with Gasteiger partial charge in [0.1, 0.15) is 0 Å². The number of hydrogen-bond donors (Lipinski definition) is 1. The van der Waals surface area contributed by atoms with Crippen molar-refractivity contribution in [3.8, 4) is 0 Å². The Labute approximate surface area is 104 Å². The lowest BCUT2D eigenvalue weighted by Gasteiger charge is -2.37. The van der Waals surface area contributed by atoms with E-state index in [1.54, 1.807) is 0 Å². The maximum atomic E-state index is 12.7. The Balaban J connectivity index is 2.72. The first-order valence-corrected chi connectivity index (χ1v) is 5.96. The lowest BCUT2D eigenvalue weighted by molar-refractivity contribution is -0.195. The number of likely N-dealkylation sites (tertiary alicyclic amines) is 1. The van der Waals surface area contributed by atoms with Crippen LogP contribution in [0.4, 0.5) is 13.2 Å². The number of amides is 1. The summed E-state index contributed by atoms with van der Waals surface area (Å²) in [6, 6.07) is 0. The van der Waals surface area contributed by atoms with Crippen molar-refractivity contribution >= 4 is 5.91 Å². The van der Waals surface area contributed by atoms with E-state index in [1.165, 1.54) is 0 Å². The molecule has 1 aliphatic rings. The van der Waals surface area contributed by atoms with Gasteiger partial charge in [-0.2, -0.15) is 13.2 Å². The van der Waals surface area contributed by atoms with Crippen LogP contribution in [0.15, 0.2) is 0 Å². The van der Waals surface area contributed by atoms with E-state index >= 15 is 0 Å². The predicted octanol–water partition coefficient (Wildman–Crippen LogP) is 1.29. The van der Waals surface area contributed by atoms with Gasteiger partial charge < -0.3 is 15.4 Å². The highest BCUT2D eigenvalue weighted by Gasteiger charge is 2.55. The molecule has 0 aromatic carbocycles. The van der Waals surface area contributed by atoms with E-state index in [9.17, 15) is 18.0 Å². The quantitative estimate of drug-likeness (QED) is 0.839. The lowest BCUT2D eigenvalue weighted by Crippen LogP contribution is -2.63. The molecule has 1 heterocycles. The SMILES string of the molecule is CCOC1CCCN(C(=O)C(C)(N)C(F)(F)F)C1. The average Bonchev–Trinajstić information content (AvgIpc) is 2.27. The Bertz CT molecular complexity index is 303. The summed E-state index contributed by atoms with van der Waals surface area (Å²) in [6.45, 7) is 3.47. The van der Waals surface area contributed by atoms with E-state index in [-0.39, 0.29) is 12.6 Å². The molecular formula is C11H19F3N2O2. The molecule has 0 aromatic rings. The number of alkyl halides is 3. The maximum Gasteiger partial charge on any atom is 0.415 e. The highest BCUT2D eigenvalue weighted by atomic mass is 19.4. The van der Waals surface area contributed by atoms with E-state index in [4.69, 9.17) is 10.5 Å². The monoisotopic (exact) mass is 268 g/mol. The van der Waals surface area contributed by atoms with Crippen molar-refractivity contribution in [3.63, 3.8) is 0 Å². The number of piperidine rings is 1. The van der Waals surface area contributed by atoms with Gasteiger partial charge in [0.15, 0.2) is 5.54 Å². The molecule has 4 nitrogen and oxygen atoms in total. The minimum Gasteiger partial charge on any atom is -0.377 e. The van der Waals surface area contributed by atoms with Crippen LogP contribution in [-0.4, -0.2) is 48.3 Å². The largest absolute Gasteiger partial charge is 0.415 e. The number of rotatable bonds is 3. The Hall–Kier alpha value is -0.820. The van der Waals surface area contributed by atoms with Crippen molar-refractivity contribution in [2.24, 2.45) is 5.73 Å². The van der Waals surface area contributed by atoms with Gasteiger partial charge in [-0.1, -0.05) is 0 Å². The first-order chi connectivity index (χ1) is 8.20. The summed E-state index contributed by atoms with van der Waals surface area (Å²) in [4.78, 5) is 13.0. The fourth-order valence-electron chi connectivity index (χ4n) is 1.94. The van der Waals surface area contributed by atoms with Crippen LogP contribution in [0.3, 0.4) is 0 Å². The van der Waals surface area contributed by atoms with E-state index in [0.717, 1.165) is 11.3 Å². The number of carbonyl (C=O) groups is 1. The van der Waals surface area contributed by atoms with Gasteiger partial charge in [0, 0.05) is 19.7 Å². The molecule has 18 heavy (non-hydrogen) atoms. The standard InChI is InChI=1S/C11H19F3N2O2/c1-3-18-8-5-4-6-16(7-8)9(17)10(2,15)11(12,13)14/h8H,3-7,15H2,1-2H3. The second kappa shape index (κ2) is 5.44. The van der Waals surface area contributed by atoms with Crippen LogP contribution in [0.2, 0.25) is 0 Å². The van der Waals surface area contributed by atoms with Crippen LogP contribution in [0.25, 0.3) is 0 Å². The third kappa shape index (κ3) is 3.14. The summed E-state index contributed by atoms with van der Waals surface area (Å²) in [5, 5.41) is 0. The average molecular weight is 268 g/mol. The van der Waals surface area contributed by atoms with Crippen molar-refractivity contribution in [1.29, 1.82) is 0 Å². The van der Waals surface area contributed by atoms with E-state index < -0.39 is 17.6 Å². The number of nitrogens with two attached hydrogens (primary N) is 1. The zero-order valence-electron chi connectivity index (χ0n) is 10.6. The van der Waals surface area contributed by atoms with Gasteiger partial charge in [-0.3, -0.25) is 4.79 Å².